The second-order valence-corrected chi connectivity index (χ2v) is 4.78. The molecule has 1 aliphatic carbocycles. The number of rotatable bonds is 2. The van der Waals surface area contributed by atoms with Crippen LogP contribution in [0.1, 0.15) is 26.2 Å². The smallest absolute Gasteiger partial charge is 0.227 e. The largest absolute Gasteiger partial charge is 0.393 e. The summed E-state index contributed by atoms with van der Waals surface area (Å²) in [4.78, 5) is 11.8. The summed E-state index contributed by atoms with van der Waals surface area (Å²) in [6.07, 6.45) is 2.15. The Morgan fingerprint density at radius 2 is 2.29 bits per heavy atom. The summed E-state index contributed by atoms with van der Waals surface area (Å²) in [6, 6.07) is 0.204. The fourth-order valence-electron chi connectivity index (χ4n) is 2.08. The Balaban J connectivity index is 1.83. The van der Waals surface area contributed by atoms with Gasteiger partial charge in [0.2, 0.25) is 5.91 Å². The highest BCUT2D eigenvalue weighted by molar-refractivity contribution is 5.83. The maximum Gasteiger partial charge on any atom is 0.227 e. The van der Waals surface area contributed by atoms with Crippen molar-refractivity contribution in [2.45, 2.75) is 38.3 Å². The number of aliphatic hydroxyl groups excluding tert-OH is 1. The zero-order valence-corrected chi connectivity index (χ0v) is 8.55. The molecule has 1 aliphatic heterocycles. The Morgan fingerprint density at radius 1 is 1.57 bits per heavy atom. The van der Waals surface area contributed by atoms with E-state index in [1.807, 2.05) is 6.92 Å². The van der Waals surface area contributed by atoms with Gasteiger partial charge in [0.1, 0.15) is 0 Å². The van der Waals surface area contributed by atoms with E-state index in [0.717, 1.165) is 32.4 Å². The maximum atomic E-state index is 11.8. The molecule has 0 bridgehead atoms. The van der Waals surface area contributed by atoms with Crippen LogP contribution in [0.15, 0.2) is 0 Å². The van der Waals surface area contributed by atoms with Gasteiger partial charge < -0.3 is 15.7 Å². The average molecular weight is 198 g/mol. The minimum atomic E-state index is -0.236. The monoisotopic (exact) mass is 198 g/mol. The normalized spacial score (nSPS) is 41.9. The third kappa shape index (κ3) is 1.77. The number of carbonyl (C=O) groups excluding carboxylic acids is 1. The van der Waals surface area contributed by atoms with E-state index in [1.165, 1.54) is 0 Å². The number of nitrogens with one attached hydrogen (secondary N) is 2. The summed E-state index contributed by atoms with van der Waals surface area (Å²) in [7, 11) is 0. The van der Waals surface area contributed by atoms with Gasteiger partial charge in [0, 0.05) is 12.6 Å². The lowest BCUT2D eigenvalue weighted by atomic mass is 9.85. The lowest BCUT2D eigenvalue weighted by molar-refractivity contribution is -0.131. The van der Waals surface area contributed by atoms with Crippen LogP contribution >= 0.6 is 0 Å². The van der Waals surface area contributed by atoms with Crippen LogP contribution in [0.25, 0.3) is 0 Å². The molecule has 1 atom stereocenters. The highest BCUT2D eigenvalue weighted by Crippen LogP contribution is 2.27. The molecule has 1 amide bonds. The fourth-order valence-corrected chi connectivity index (χ4v) is 2.08. The van der Waals surface area contributed by atoms with E-state index in [0.29, 0.717) is 0 Å². The van der Waals surface area contributed by atoms with Crippen LogP contribution in [0.4, 0.5) is 0 Å². The van der Waals surface area contributed by atoms with Crippen molar-refractivity contribution in [2.24, 2.45) is 5.41 Å². The summed E-state index contributed by atoms with van der Waals surface area (Å²) in [5, 5.41) is 15.3. The standard InChI is InChI=1S/C10H18N2O2/c1-10(2-3-11-6-10)9(14)12-7-4-8(13)5-7/h7-8,11,13H,2-6H2,1H3,(H,12,14). The highest BCUT2D eigenvalue weighted by Gasteiger charge is 2.39. The highest BCUT2D eigenvalue weighted by atomic mass is 16.3. The summed E-state index contributed by atoms with van der Waals surface area (Å²) in [5.41, 5.74) is -0.236. The van der Waals surface area contributed by atoms with Crippen molar-refractivity contribution >= 4 is 5.91 Å². The van der Waals surface area contributed by atoms with E-state index < -0.39 is 0 Å². The Hall–Kier alpha value is -0.610. The first kappa shape index (κ1) is 9.93. The molecule has 4 nitrogen and oxygen atoms in total. The second-order valence-electron chi connectivity index (χ2n) is 4.78. The topological polar surface area (TPSA) is 61.4 Å². The molecule has 3 N–H and O–H groups in total. The molecule has 2 aliphatic rings. The Bertz CT molecular complexity index is 230. The van der Waals surface area contributed by atoms with Gasteiger partial charge in [-0.1, -0.05) is 0 Å². The predicted molar refractivity (Wildman–Crippen MR) is 52.8 cm³/mol. The molecule has 0 aromatic heterocycles. The van der Waals surface area contributed by atoms with E-state index in [-0.39, 0.29) is 23.5 Å². The lowest BCUT2D eigenvalue weighted by Gasteiger charge is -2.34. The first-order valence-electron chi connectivity index (χ1n) is 5.30. The molecule has 14 heavy (non-hydrogen) atoms. The first-order chi connectivity index (χ1) is 6.60. The van der Waals surface area contributed by atoms with Crippen LogP contribution in [0, 0.1) is 5.41 Å². The quantitative estimate of drug-likeness (QED) is 0.567. The van der Waals surface area contributed by atoms with E-state index >= 15 is 0 Å². The van der Waals surface area contributed by atoms with Gasteiger partial charge in [-0.3, -0.25) is 4.79 Å². The second kappa shape index (κ2) is 3.51. The van der Waals surface area contributed by atoms with Gasteiger partial charge in [0.25, 0.3) is 0 Å². The summed E-state index contributed by atoms with van der Waals surface area (Å²) < 4.78 is 0. The number of hydrogen-bond acceptors (Lipinski definition) is 3. The van der Waals surface area contributed by atoms with Crippen LogP contribution in [0.2, 0.25) is 0 Å². The molecule has 0 aromatic carbocycles. The average Bonchev–Trinajstić information content (AvgIpc) is 2.51. The zero-order valence-electron chi connectivity index (χ0n) is 8.55. The van der Waals surface area contributed by atoms with Gasteiger partial charge in [-0.15, -0.1) is 0 Å². The fraction of sp³-hybridized carbons (Fsp3) is 0.900. The van der Waals surface area contributed by atoms with Crippen molar-refractivity contribution in [3.63, 3.8) is 0 Å². The molecule has 1 unspecified atom stereocenters. The molecule has 1 saturated carbocycles. The third-order valence-electron chi connectivity index (χ3n) is 3.37. The van der Waals surface area contributed by atoms with Gasteiger partial charge in [-0.25, -0.2) is 0 Å². The predicted octanol–water partition coefficient (Wildman–Crippen LogP) is -0.374. The lowest BCUT2D eigenvalue weighted by Crippen LogP contribution is -2.51. The summed E-state index contributed by atoms with van der Waals surface area (Å²) >= 11 is 0. The molecular weight excluding hydrogens is 180 g/mol. The molecule has 0 aromatic rings. The molecule has 1 heterocycles. The molecular formula is C10H18N2O2. The molecule has 0 spiro atoms. The van der Waals surface area contributed by atoms with Gasteiger partial charge >= 0.3 is 0 Å². The Labute approximate surface area is 84.1 Å². The van der Waals surface area contributed by atoms with E-state index in [9.17, 15) is 4.79 Å². The SMILES string of the molecule is CC1(C(=O)NC2CC(O)C2)CCNC1. The van der Waals surface area contributed by atoms with Crippen LogP contribution in [-0.4, -0.2) is 36.2 Å². The van der Waals surface area contributed by atoms with Crippen molar-refractivity contribution in [1.29, 1.82) is 0 Å². The maximum absolute atomic E-state index is 11.8. The van der Waals surface area contributed by atoms with Crippen molar-refractivity contribution in [3.05, 3.63) is 0 Å². The first-order valence-corrected chi connectivity index (χ1v) is 5.30. The van der Waals surface area contributed by atoms with Crippen LogP contribution < -0.4 is 10.6 Å². The van der Waals surface area contributed by atoms with E-state index in [2.05, 4.69) is 10.6 Å². The van der Waals surface area contributed by atoms with Crippen LogP contribution in [-0.2, 0) is 4.79 Å². The minimum absolute atomic E-state index is 0.138. The van der Waals surface area contributed by atoms with Crippen molar-refractivity contribution < 1.29 is 9.90 Å². The van der Waals surface area contributed by atoms with Gasteiger partial charge in [0.15, 0.2) is 0 Å². The summed E-state index contributed by atoms with van der Waals surface area (Å²) in [6.45, 7) is 3.70. The Kier molecular flexibility index (Phi) is 2.49. The number of carbonyl (C=O) groups is 1. The number of hydrogen-bond donors (Lipinski definition) is 3. The van der Waals surface area contributed by atoms with Crippen LogP contribution in [0.5, 0.6) is 0 Å². The van der Waals surface area contributed by atoms with Gasteiger partial charge in [0.05, 0.1) is 11.5 Å². The number of amides is 1. The molecule has 1 saturated heterocycles. The third-order valence-corrected chi connectivity index (χ3v) is 3.37. The number of aliphatic hydroxyl groups is 1. The molecule has 2 rings (SSSR count). The molecule has 4 heteroatoms. The van der Waals surface area contributed by atoms with Gasteiger partial charge in [-0.05, 0) is 32.7 Å². The van der Waals surface area contributed by atoms with Gasteiger partial charge in [-0.2, -0.15) is 0 Å². The molecule has 80 valence electrons. The molecule has 2 fully saturated rings. The van der Waals surface area contributed by atoms with E-state index in [4.69, 9.17) is 5.11 Å². The zero-order chi connectivity index (χ0) is 10.2. The summed E-state index contributed by atoms with van der Waals surface area (Å²) in [5.74, 6) is 0.138. The minimum Gasteiger partial charge on any atom is -0.393 e. The van der Waals surface area contributed by atoms with E-state index in [1.54, 1.807) is 0 Å². The molecule has 0 radical (unpaired) electrons. The van der Waals surface area contributed by atoms with Crippen molar-refractivity contribution in [2.75, 3.05) is 13.1 Å². The van der Waals surface area contributed by atoms with Crippen LogP contribution in [0.3, 0.4) is 0 Å². The van der Waals surface area contributed by atoms with Crippen molar-refractivity contribution in [1.82, 2.24) is 10.6 Å². The Morgan fingerprint density at radius 3 is 2.79 bits per heavy atom. The van der Waals surface area contributed by atoms with Crippen molar-refractivity contribution in [3.8, 4) is 0 Å².